The Balaban J connectivity index is 1.96. The third kappa shape index (κ3) is 3.36. The minimum absolute atomic E-state index is 0.0430. The SMILES string of the molecule is C/C=C(/C(c1ccccc1)N1CCNC1)C(C)(C)N1CCNC1. The molecule has 3 rings (SSSR count). The Morgan fingerprint density at radius 3 is 2.35 bits per heavy atom. The van der Waals surface area contributed by atoms with Crippen LogP contribution in [0.1, 0.15) is 32.4 Å². The van der Waals surface area contributed by atoms with Crippen LogP contribution in [0.5, 0.6) is 0 Å². The van der Waals surface area contributed by atoms with E-state index in [2.05, 4.69) is 77.6 Å². The maximum atomic E-state index is 3.50. The lowest BCUT2D eigenvalue weighted by Gasteiger charge is -2.43. The predicted octanol–water partition coefficient (Wildman–Crippen LogP) is 2.18. The Labute approximate surface area is 140 Å². The van der Waals surface area contributed by atoms with Crippen molar-refractivity contribution in [1.82, 2.24) is 20.4 Å². The molecule has 1 aromatic carbocycles. The Morgan fingerprint density at radius 1 is 1.09 bits per heavy atom. The summed E-state index contributed by atoms with van der Waals surface area (Å²) in [4.78, 5) is 5.12. The van der Waals surface area contributed by atoms with Crippen LogP contribution in [0.15, 0.2) is 42.0 Å². The molecule has 0 spiro atoms. The van der Waals surface area contributed by atoms with Gasteiger partial charge in [0.2, 0.25) is 0 Å². The van der Waals surface area contributed by atoms with Crippen molar-refractivity contribution in [1.29, 1.82) is 0 Å². The topological polar surface area (TPSA) is 30.5 Å². The molecule has 126 valence electrons. The maximum Gasteiger partial charge on any atom is 0.0591 e. The Hall–Kier alpha value is -1.20. The summed E-state index contributed by atoms with van der Waals surface area (Å²) in [7, 11) is 0. The van der Waals surface area contributed by atoms with Crippen LogP contribution in [0.2, 0.25) is 0 Å². The van der Waals surface area contributed by atoms with E-state index in [4.69, 9.17) is 0 Å². The number of hydrogen-bond donors (Lipinski definition) is 2. The number of rotatable bonds is 5. The summed E-state index contributed by atoms with van der Waals surface area (Å²) in [5, 5.41) is 6.97. The van der Waals surface area contributed by atoms with Crippen molar-refractivity contribution < 1.29 is 0 Å². The first-order chi connectivity index (χ1) is 11.1. The number of nitrogens with zero attached hydrogens (tertiary/aromatic N) is 2. The summed E-state index contributed by atoms with van der Waals surface area (Å²) in [5.41, 5.74) is 2.93. The van der Waals surface area contributed by atoms with Crippen LogP contribution in [0.3, 0.4) is 0 Å². The largest absolute Gasteiger partial charge is 0.303 e. The van der Waals surface area contributed by atoms with E-state index in [0.717, 1.165) is 39.5 Å². The van der Waals surface area contributed by atoms with E-state index in [1.165, 1.54) is 11.1 Å². The van der Waals surface area contributed by atoms with Crippen molar-refractivity contribution in [2.45, 2.75) is 32.4 Å². The molecule has 1 unspecified atom stereocenters. The second kappa shape index (κ2) is 7.14. The van der Waals surface area contributed by atoms with Crippen LogP contribution >= 0.6 is 0 Å². The van der Waals surface area contributed by atoms with Gasteiger partial charge in [-0.3, -0.25) is 9.80 Å². The van der Waals surface area contributed by atoms with Crippen molar-refractivity contribution in [3.8, 4) is 0 Å². The maximum absolute atomic E-state index is 3.50. The molecular formula is C19H30N4. The number of hydrogen-bond acceptors (Lipinski definition) is 4. The van der Waals surface area contributed by atoms with Crippen LogP contribution < -0.4 is 10.6 Å². The minimum atomic E-state index is 0.0430. The molecule has 2 aliphatic heterocycles. The zero-order valence-corrected chi connectivity index (χ0v) is 14.7. The molecule has 0 radical (unpaired) electrons. The summed E-state index contributed by atoms with van der Waals surface area (Å²) < 4.78 is 0. The van der Waals surface area contributed by atoms with Crippen molar-refractivity contribution >= 4 is 0 Å². The molecular weight excluding hydrogens is 284 g/mol. The summed E-state index contributed by atoms with van der Waals surface area (Å²) in [6.45, 7) is 13.3. The lowest BCUT2D eigenvalue weighted by atomic mass is 9.82. The van der Waals surface area contributed by atoms with E-state index in [9.17, 15) is 0 Å². The summed E-state index contributed by atoms with van der Waals surface area (Å²) in [6.07, 6.45) is 2.34. The van der Waals surface area contributed by atoms with Gasteiger partial charge in [0.15, 0.2) is 0 Å². The third-order valence-electron chi connectivity index (χ3n) is 5.33. The van der Waals surface area contributed by atoms with E-state index in [0.29, 0.717) is 6.04 Å². The van der Waals surface area contributed by atoms with Crippen molar-refractivity contribution in [2.24, 2.45) is 0 Å². The van der Waals surface area contributed by atoms with Crippen LogP contribution in [0.4, 0.5) is 0 Å². The predicted molar refractivity (Wildman–Crippen MR) is 96.2 cm³/mol. The van der Waals surface area contributed by atoms with Crippen molar-refractivity contribution in [2.75, 3.05) is 39.5 Å². The van der Waals surface area contributed by atoms with Gasteiger partial charge in [0.25, 0.3) is 0 Å². The van der Waals surface area contributed by atoms with Gasteiger partial charge in [-0.15, -0.1) is 0 Å². The Bertz CT molecular complexity index is 526. The van der Waals surface area contributed by atoms with Gasteiger partial charge in [-0.1, -0.05) is 36.4 Å². The van der Waals surface area contributed by atoms with E-state index in [1.807, 2.05) is 0 Å². The fourth-order valence-corrected chi connectivity index (χ4v) is 3.98. The van der Waals surface area contributed by atoms with Gasteiger partial charge in [-0.25, -0.2) is 0 Å². The minimum Gasteiger partial charge on any atom is -0.303 e. The normalized spacial score (nSPS) is 22.7. The van der Waals surface area contributed by atoms with Crippen LogP contribution in [-0.4, -0.2) is 54.9 Å². The molecule has 0 bridgehead atoms. The van der Waals surface area contributed by atoms with E-state index in [-0.39, 0.29) is 5.54 Å². The highest BCUT2D eigenvalue weighted by Gasteiger charge is 2.39. The zero-order valence-electron chi connectivity index (χ0n) is 14.7. The standard InChI is InChI=1S/C19H30N4/c1-4-17(19(2,3)23-13-11-21-15-23)18(22-12-10-20-14-22)16-8-6-5-7-9-16/h4-9,18,20-21H,10-15H2,1-3H3/b17-4-. The average molecular weight is 314 g/mol. The Morgan fingerprint density at radius 2 is 1.78 bits per heavy atom. The van der Waals surface area contributed by atoms with Crippen molar-refractivity contribution in [3.05, 3.63) is 47.5 Å². The first kappa shape index (κ1) is 16.7. The van der Waals surface area contributed by atoms with Gasteiger partial charge in [0.05, 0.1) is 6.04 Å². The van der Waals surface area contributed by atoms with Gasteiger partial charge >= 0.3 is 0 Å². The number of benzene rings is 1. The van der Waals surface area contributed by atoms with E-state index < -0.39 is 0 Å². The molecule has 0 aromatic heterocycles. The van der Waals surface area contributed by atoms with E-state index >= 15 is 0 Å². The van der Waals surface area contributed by atoms with Gasteiger partial charge in [-0.2, -0.15) is 0 Å². The molecule has 4 nitrogen and oxygen atoms in total. The van der Waals surface area contributed by atoms with Crippen molar-refractivity contribution in [3.63, 3.8) is 0 Å². The molecule has 23 heavy (non-hydrogen) atoms. The van der Waals surface area contributed by atoms with Gasteiger partial charge in [0.1, 0.15) is 0 Å². The lowest BCUT2D eigenvalue weighted by molar-refractivity contribution is 0.154. The summed E-state index contributed by atoms with van der Waals surface area (Å²) in [5.74, 6) is 0. The average Bonchev–Trinajstić information content (AvgIpc) is 3.26. The first-order valence-corrected chi connectivity index (χ1v) is 8.76. The molecule has 2 aliphatic rings. The van der Waals surface area contributed by atoms with Gasteiger partial charge in [-0.05, 0) is 31.9 Å². The second-order valence-electron chi connectivity index (χ2n) is 7.01. The molecule has 0 aliphatic carbocycles. The quantitative estimate of drug-likeness (QED) is 0.816. The highest BCUT2D eigenvalue weighted by molar-refractivity contribution is 5.34. The van der Waals surface area contributed by atoms with Crippen LogP contribution in [-0.2, 0) is 0 Å². The molecule has 2 fully saturated rings. The highest BCUT2D eigenvalue weighted by Crippen LogP contribution is 2.38. The van der Waals surface area contributed by atoms with E-state index in [1.54, 1.807) is 0 Å². The fourth-order valence-electron chi connectivity index (χ4n) is 3.98. The molecule has 2 saturated heterocycles. The fraction of sp³-hybridized carbons (Fsp3) is 0.579. The summed E-state index contributed by atoms with van der Waals surface area (Å²) >= 11 is 0. The molecule has 2 N–H and O–H groups in total. The van der Waals surface area contributed by atoms with Crippen LogP contribution in [0.25, 0.3) is 0 Å². The van der Waals surface area contributed by atoms with Gasteiger partial charge < -0.3 is 10.6 Å². The molecule has 1 atom stereocenters. The van der Waals surface area contributed by atoms with Crippen LogP contribution in [0, 0.1) is 0 Å². The highest BCUT2D eigenvalue weighted by atomic mass is 15.3. The summed E-state index contributed by atoms with van der Waals surface area (Å²) in [6, 6.07) is 11.3. The Kier molecular flexibility index (Phi) is 5.17. The zero-order chi connectivity index (χ0) is 16.3. The van der Waals surface area contributed by atoms with Gasteiger partial charge in [0, 0.05) is 45.1 Å². The molecule has 0 amide bonds. The smallest absolute Gasteiger partial charge is 0.0591 e. The molecule has 0 saturated carbocycles. The molecule has 1 aromatic rings. The first-order valence-electron chi connectivity index (χ1n) is 8.76. The second-order valence-corrected chi connectivity index (χ2v) is 7.01. The lowest BCUT2D eigenvalue weighted by Crippen LogP contribution is -2.48. The molecule has 4 heteroatoms. The number of nitrogens with one attached hydrogen (secondary N) is 2. The monoisotopic (exact) mass is 314 g/mol. The number of allylic oxidation sites excluding steroid dienone is 1. The molecule has 2 heterocycles. The third-order valence-corrected chi connectivity index (χ3v) is 5.33.